The van der Waals surface area contributed by atoms with Crippen LogP contribution in [0.4, 0.5) is 4.79 Å². The summed E-state index contributed by atoms with van der Waals surface area (Å²) >= 11 is 5.91. The monoisotopic (exact) mass is 336 g/mol. The molecule has 2 fully saturated rings. The predicted octanol–water partition coefficient (Wildman–Crippen LogP) is 3.27. The lowest BCUT2D eigenvalue weighted by Gasteiger charge is -2.28. The fourth-order valence-corrected chi connectivity index (χ4v) is 3.43. The van der Waals surface area contributed by atoms with Gasteiger partial charge in [0.25, 0.3) is 0 Å². The number of urea groups is 1. The van der Waals surface area contributed by atoms with E-state index in [0.717, 1.165) is 31.2 Å². The van der Waals surface area contributed by atoms with E-state index in [9.17, 15) is 9.59 Å². The molecule has 0 saturated heterocycles. The van der Waals surface area contributed by atoms with Gasteiger partial charge < -0.3 is 15.7 Å². The summed E-state index contributed by atoms with van der Waals surface area (Å²) in [6.45, 7) is 0. The Morgan fingerprint density at radius 2 is 1.70 bits per heavy atom. The number of benzene rings is 1. The first kappa shape index (κ1) is 16.1. The second-order valence-corrected chi connectivity index (χ2v) is 7.01. The average molecular weight is 337 g/mol. The van der Waals surface area contributed by atoms with Crippen LogP contribution < -0.4 is 10.6 Å². The molecule has 2 aliphatic carbocycles. The van der Waals surface area contributed by atoms with Gasteiger partial charge in [-0.25, -0.2) is 4.79 Å². The summed E-state index contributed by atoms with van der Waals surface area (Å²) in [5.74, 6) is -0.993. The molecule has 0 heterocycles. The minimum absolute atomic E-state index is 0.0617. The van der Waals surface area contributed by atoms with Crippen molar-refractivity contribution in [1.82, 2.24) is 10.6 Å². The molecule has 6 heteroatoms. The first-order valence-electron chi connectivity index (χ1n) is 8.06. The van der Waals surface area contributed by atoms with Crippen molar-refractivity contribution in [3.05, 3.63) is 34.9 Å². The zero-order chi connectivity index (χ0) is 16.4. The molecule has 0 radical (unpaired) electrons. The van der Waals surface area contributed by atoms with Crippen molar-refractivity contribution in [2.45, 2.75) is 50.1 Å². The number of aliphatic carboxylic acids is 1. The summed E-state index contributed by atoms with van der Waals surface area (Å²) in [5, 5.41) is 15.7. The Hall–Kier alpha value is -1.75. The highest BCUT2D eigenvalue weighted by Crippen LogP contribution is 2.45. The third-order valence-electron chi connectivity index (χ3n) is 4.91. The summed E-state index contributed by atoms with van der Waals surface area (Å²) in [5.41, 5.74) is 0.805. The molecule has 1 aromatic carbocycles. The molecule has 0 aliphatic heterocycles. The van der Waals surface area contributed by atoms with E-state index in [1.165, 1.54) is 0 Å². The van der Waals surface area contributed by atoms with Gasteiger partial charge in [0, 0.05) is 11.1 Å². The number of carboxylic acids is 1. The number of amides is 2. The Bertz CT molecular complexity index is 590. The van der Waals surface area contributed by atoms with E-state index >= 15 is 0 Å². The maximum Gasteiger partial charge on any atom is 0.315 e. The van der Waals surface area contributed by atoms with E-state index in [2.05, 4.69) is 10.6 Å². The van der Waals surface area contributed by atoms with Crippen LogP contribution in [-0.2, 0) is 10.3 Å². The fraction of sp³-hybridized carbons (Fsp3) is 0.529. The van der Waals surface area contributed by atoms with Gasteiger partial charge in [0.15, 0.2) is 0 Å². The smallest absolute Gasteiger partial charge is 0.315 e. The molecule has 2 saturated carbocycles. The van der Waals surface area contributed by atoms with Crippen LogP contribution >= 0.6 is 11.6 Å². The highest BCUT2D eigenvalue weighted by molar-refractivity contribution is 6.30. The minimum Gasteiger partial charge on any atom is -0.481 e. The summed E-state index contributed by atoms with van der Waals surface area (Å²) in [6, 6.07) is 7.47. The first-order valence-corrected chi connectivity index (χ1v) is 8.44. The standard InChI is InChI=1S/C17H21ClN2O3/c18-13-5-3-12(4-6-13)17(9-10-17)20-16(23)19-14-7-1-11(2-8-14)15(21)22/h3-6,11,14H,1-2,7-10H2,(H,21,22)(H2,19,20,23). The average Bonchev–Trinajstić information content (AvgIpc) is 3.29. The Morgan fingerprint density at radius 3 is 2.22 bits per heavy atom. The molecule has 0 bridgehead atoms. The lowest BCUT2D eigenvalue weighted by molar-refractivity contribution is -0.142. The summed E-state index contributed by atoms with van der Waals surface area (Å²) in [4.78, 5) is 23.2. The van der Waals surface area contributed by atoms with Crippen LogP contribution in [0.1, 0.15) is 44.1 Å². The number of halogens is 1. The third kappa shape index (κ3) is 3.78. The lowest BCUT2D eigenvalue weighted by atomic mass is 9.86. The van der Waals surface area contributed by atoms with Crippen molar-refractivity contribution in [2.24, 2.45) is 5.92 Å². The van der Waals surface area contributed by atoms with Crippen LogP contribution in [0.2, 0.25) is 5.02 Å². The second-order valence-electron chi connectivity index (χ2n) is 6.57. The van der Waals surface area contributed by atoms with E-state index in [-0.39, 0.29) is 23.5 Å². The molecule has 5 nitrogen and oxygen atoms in total. The molecule has 2 aliphatic rings. The van der Waals surface area contributed by atoms with Gasteiger partial charge in [-0.1, -0.05) is 23.7 Å². The summed E-state index contributed by atoms with van der Waals surface area (Å²) < 4.78 is 0. The molecule has 0 unspecified atom stereocenters. The number of carbonyl (C=O) groups excluding carboxylic acids is 1. The Balaban J connectivity index is 1.52. The molecule has 3 rings (SSSR count). The van der Waals surface area contributed by atoms with Gasteiger partial charge in [-0.2, -0.15) is 0 Å². The van der Waals surface area contributed by atoms with Gasteiger partial charge in [-0.3, -0.25) is 4.79 Å². The molecule has 3 N–H and O–H groups in total. The van der Waals surface area contributed by atoms with E-state index in [4.69, 9.17) is 16.7 Å². The molecular formula is C17H21ClN2O3. The lowest BCUT2D eigenvalue weighted by Crippen LogP contribution is -2.47. The van der Waals surface area contributed by atoms with Crippen LogP contribution in [0.25, 0.3) is 0 Å². The van der Waals surface area contributed by atoms with Crippen LogP contribution in [0.15, 0.2) is 24.3 Å². The predicted molar refractivity (Wildman–Crippen MR) is 87.4 cm³/mol. The van der Waals surface area contributed by atoms with Crippen LogP contribution in [0.5, 0.6) is 0 Å². The second kappa shape index (κ2) is 6.40. The highest BCUT2D eigenvalue weighted by atomic mass is 35.5. The maximum atomic E-state index is 12.3. The van der Waals surface area contributed by atoms with Gasteiger partial charge >= 0.3 is 12.0 Å². The van der Waals surface area contributed by atoms with Gasteiger partial charge in [-0.15, -0.1) is 0 Å². The van der Waals surface area contributed by atoms with Crippen molar-refractivity contribution in [3.63, 3.8) is 0 Å². The maximum absolute atomic E-state index is 12.3. The zero-order valence-corrected chi connectivity index (χ0v) is 13.6. The highest BCUT2D eigenvalue weighted by Gasteiger charge is 2.45. The molecule has 1 aromatic rings. The van der Waals surface area contributed by atoms with Crippen molar-refractivity contribution in [2.75, 3.05) is 0 Å². The first-order chi connectivity index (χ1) is 11.0. The molecule has 0 spiro atoms. The third-order valence-corrected chi connectivity index (χ3v) is 5.16. The topological polar surface area (TPSA) is 78.4 Å². The van der Waals surface area contributed by atoms with Crippen LogP contribution in [-0.4, -0.2) is 23.1 Å². The number of rotatable bonds is 4. The molecule has 2 amide bonds. The Morgan fingerprint density at radius 1 is 1.09 bits per heavy atom. The quantitative estimate of drug-likeness (QED) is 0.789. The zero-order valence-electron chi connectivity index (χ0n) is 12.8. The van der Waals surface area contributed by atoms with Gasteiger partial charge in [0.2, 0.25) is 0 Å². The number of hydrogen-bond donors (Lipinski definition) is 3. The molecule has 23 heavy (non-hydrogen) atoms. The van der Waals surface area contributed by atoms with Crippen molar-refractivity contribution >= 4 is 23.6 Å². The normalized spacial score (nSPS) is 25.4. The largest absolute Gasteiger partial charge is 0.481 e. The summed E-state index contributed by atoms with van der Waals surface area (Å²) in [7, 11) is 0. The number of carboxylic acid groups (broad SMARTS) is 1. The Labute approximate surface area is 140 Å². The number of nitrogens with one attached hydrogen (secondary N) is 2. The van der Waals surface area contributed by atoms with E-state index in [1.807, 2.05) is 24.3 Å². The Kier molecular flexibility index (Phi) is 4.48. The number of carbonyl (C=O) groups is 2. The fourth-order valence-electron chi connectivity index (χ4n) is 3.30. The van der Waals surface area contributed by atoms with Gasteiger partial charge in [-0.05, 0) is 56.2 Å². The van der Waals surface area contributed by atoms with Gasteiger partial charge in [0.1, 0.15) is 0 Å². The molecular weight excluding hydrogens is 316 g/mol. The van der Waals surface area contributed by atoms with Crippen LogP contribution in [0.3, 0.4) is 0 Å². The van der Waals surface area contributed by atoms with E-state index < -0.39 is 5.97 Å². The van der Waals surface area contributed by atoms with Crippen molar-refractivity contribution in [1.29, 1.82) is 0 Å². The molecule has 0 aromatic heterocycles. The van der Waals surface area contributed by atoms with E-state index in [1.54, 1.807) is 0 Å². The molecule has 124 valence electrons. The summed E-state index contributed by atoms with van der Waals surface area (Å²) in [6.07, 6.45) is 4.55. The minimum atomic E-state index is -0.729. The van der Waals surface area contributed by atoms with Gasteiger partial charge in [0.05, 0.1) is 11.5 Å². The molecule has 0 atom stereocenters. The van der Waals surface area contributed by atoms with Crippen molar-refractivity contribution < 1.29 is 14.7 Å². The van der Waals surface area contributed by atoms with Crippen LogP contribution in [0, 0.1) is 5.92 Å². The number of hydrogen-bond acceptors (Lipinski definition) is 2. The van der Waals surface area contributed by atoms with Crippen molar-refractivity contribution in [3.8, 4) is 0 Å². The SMILES string of the molecule is O=C(NC1CCC(C(=O)O)CC1)NC1(c2ccc(Cl)cc2)CC1. The van der Waals surface area contributed by atoms with E-state index in [0.29, 0.717) is 17.9 Å².